The molecule has 0 radical (unpaired) electrons. The molecule has 3 aromatic rings. The molecule has 5 rings (SSSR count). The van der Waals surface area contributed by atoms with Crippen LogP contribution in [0.5, 0.6) is 0 Å². The van der Waals surface area contributed by atoms with Gasteiger partial charge < -0.3 is 25.3 Å². The van der Waals surface area contributed by atoms with Gasteiger partial charge in [-0.2, -0.15) is 0 Å². The van der Waals surface area contributed by atoms with Crippen molar-refractivity contribution in [1.29, 1.82) is 0 Å². The number of imidazole rings is 1. The van der Waals surface area contributed by atoms with Crippen LogP contribution >= 0.6 is 0 Å². The van der Waals surface area contributed by atoms with Crippen LogP contribution in [-0.2, 0) is 4.74 Å². The molecule has 2 fully saturated rings. The van der Waals surface area contributed by atoms with Gasteiger partial charge in [0.2, 0.25) is 0 Å². The third-order valence-corrected chi connectivity index (χ3v) is 6.44. The SMILES string of the molecule is [2H]C([2H])([2H])OC1CCC(n2cccc(Nc3cc(NC)c4ncc(C(=O)N[C@@H]5C[C@@H]5F)n4n3)c2=O)CC1. The largest absolute Gasteiger partial charge is 0.385 e. The van der Waals surface area contributed by atoms with E-state index in [2.05, 4.69) is 26.0 Å². The van der Waals surface area contributed by atoms with Crippen LogP contribution in [-0.4, -0.2) is 57.5 Å². The van der Waals surface area contributed by atoms with E-state index in [4.69, 9.17) is 8.85 Å². The molecule has 3 aromatic heterocycles. The van der Waals surface area contributed by atoms with Crippen LogP contribution in [0.15, 0.2) is 35.4 Å². The molecule has 0 spiro atoms. The van der Waals surface area contributed by atoms with Crippen molar-refractivity contribution in [3.63, 3.8) is 0 Å². The lowest BCUT2D eigenvalue weighted by molar-refractivity contribution is 0.0580. The molecule has 3 N–H and O–H groups in total. The highest BCUT2D eigenvalue weighted by Crippen LogP contribution is 2.29. The van der Waals surface area contributed by atoms with Crippen LogP contribution in [0.4, 0.5) is 21.6 Å². The first-order valence-corrected chi connectivity index (χ1v) is 11.3. The summed E-state index contributed by atoms with van der Waals surface area (Å²) >= 11 is 0. The third kappa shape index (κ3) is 4.23. The summed E-state index contributed by atoms with van der Waals surface area (Å²) in [6.45, 7) is 0. The number of halogens is 1. The van der Waals surface area contributed by atoms with Crippen LogP contribution in [0.2, 0.25) is 0 Å². The Morgan fingerprint density at radius 1 is 1.29 bits per heavy atom. The lowest BCUT2D eigenvalue weighted by atomic mass is 9.92. The van der Waals surface area contributed by atoms with Gasteiger partial charge in [-0.25, -0.2) is 13.9 Å². The number of carbonyl (C=O) groups excluding carboxylic acids is 1. The zero-order valence-electron chi connectivity index (χ0n) is 21.6. The second kappa shape index (κ2) is 9.05. The van der Waals surface area contributed by atoms with Crippen molar-refractivity contribution in [2.45, 2.75) is 56.5 Å². The fourth-order valence-corrected chi connectivity index (χ4v) is 4.40. The average molecular weight is 473 g/mol. The van der Waals surface area contributed by atoms with Gasteiger partial charge in [-0.1, -0.05) is 0 Å². The number of hydrogen-bond acceptors (Lipinski definition) is 7. The molecule has 2 saturated carbocycles. The Morgan fingerprint density at radius 3 is 2.79 bits per heavy atom. The number of carbonyl (C=O) groups is 1. The maximum Gasteiger partial charge on any atom is 0.274 e. The van der Waals surface area contributed by atoms with E-state index in [9.17, 15) is 14.0 Å². The summed E-state index contributed by atoms with van der Waals surface area (Å²) in [5.41, 5.74) is 1.18. The smallest absolute Gasteiger partial charge is 0.274 e. The monoisotopic (exact) mass is 472 g/mol. The highest BCUT2D eigenvalue weighted by molar-refractivity contribution is 5.94. The van der Waals surface area contributed by atoms with E-state index in [1.165, 1.54) is 10.7 Å². The second-order valence-electron chi connectivity index (χ2n) is 8.71. The topological polar surface area (TPSA) is 115 Å². The molecule has 3 heterocycles. The highest BCUT2D eigenvalue weighted by Gasteiger charge is 2.39. The van der Waals surface area contributed by atoms with Crippen molar-refractivity contribution < 1.29 is 18.0 Å². The molecular weight excluding hydrogens is 441 g/mol. The zero-order chi connectivity index (χ0) is 26.3. The Morgan fingerprint density at radius 2 is 2.09 bits per heavy atom. The summed E-state index contributed by atoms with van der Waals surface area (Å²) in [4.78, 5) is 30.2. The van der Waals surface area contributed by atoms with Gasteiger partial charge >= 0.3 is 0 Å². The zero-order valence-corrected chi connectivity index (χ0v) is 18.6. The fraction of sp³-hybridized carbons (Fsp3) is 0.478. The molecule has 2 atom stereocenters. The van der Waals surface area contributed by atoms with E-state index in [1.54, 1.807) is 36.0 Å². The minimum Gasteiger partial charge on any atom is -0.385 e. The van der Waals surface area contributed by atoms with Crippen molar-refractivity contribution in [1.82, 2.24) is 24.5 Å². The van der Waals surface area contributed by atoms with Crippen LogP contribution in [0.3, 0.4) is 0 Å². The van der Waals surface area contributed by atoms with E-state index < -0.39 is 25.2 Å². The summed E-state index contributed by atoms with van der Waals surface area (Å²) in [6, 6.07) is 4.49. The number of hydrogen-bond donors (Lipinski definition) is 3. The van der Waals surface area contributed by atoms with Crippen LogP contribution in [0, 0.1) is 0 Å². The Hall–Kier alpha value is -3.47. The number of ether oxygens (including phenoxy) is 1. The molecule has 0 aromatic carbocycles. The molecule has 11 heteroatoms. The van der Waals surface area contributed by atoms with Crippen LogP contribution < -0.4 is 21.5 Å². The lowest BCUT2D eigenvalue weighted by Gasteiger charge is -2.29. The lowest BCUT2D eigenvalue weighted by Crippen LogP contribution is -2.30. The van der Waals surface area contributed by atoms with Crippen LogP contribution in [0.25, 0.3) is 5.65 Å². The van der Waals surface area contributed by atoms with E-state index in [0.29, 0.717) is 54.9 Å². The average Bonchev–Trinajstić information content (AvgIpc) is 3.36. The predicted octanol–water partition coefficient (Wildman–Crippen LogP) is 2.65. The number of nitrogens with one attached hydrogen (secondary N) is 3. The number of aromatic nitrogens is 4. The minimum absolute atomic E-state index is 0.0836. The van der Waals surface area contributed by atoms with Gasteiger partial charge in [-0.15, -0.1) is 5.10 Å². The molecule has 10 nitrogen and oxygen atoms in total. The quantitative estimate of drug-likeness (QED) is 0.484. The fourth-order valence-electron chi connectivity index (χ4n) is 4.40. The maximum atomic E-state index is 13.3. The number of pyridine rings is 1. The molecule has 1 amide bonds. The molecular formula is C23H28FN7O3. The number of fused-ring (bicyclic) bond motifs is 1. The normalized spacial score (nSPS) is 25.8. The van der Waals surface area contributed by atoms with E-state index in [1.807, 2.05) is 0 Å². The van der Waals surface area contributed by atoms with Gasteiger partial charge in [0.15, 0.2) is 17.2 Å². The van der Waals surface area contributed by atoms with Crippen molar-refractivity contribution >= 4 is 28.7 Å². The molecule has 0 saturated heterocycles. The van der Waals surface area contributed by atoms with E-state index >= 15 is 0 Å². The minimum atomic E-state index is -2.43. The van der Waals surface area contributed by atoms with Gasteiger partial charge in [0.05, 0.1) is 28.1 Å². The second-order valence-corrected chi connectivity index (χ2v) is 8.71. The van der Waals surface area contributed by atoms with Gasteiger partial charge in [-0.3, -0.25) is 9.59 Å². The van der Waals surface area contributed by atoms with E-state index in [0.717, 1.165) is 0 Å². The van der Waals surface area contributed by atoms with E-state index in [-0.39, 0.29) is 23.4 Å². The van der Waals surface area contributed by atoms with Gasteiger partial charge in [0.1, 0.15) is 11.9 Å². The first kappa shape index (κ1) is 18.9. The summed E-state index contributed by atoms with van der Waals surface area (Å²) in [5, 5.41) is 13.2. The summed E-state index contributed by atoms with van der Waals surface area (Å²) in [6.07, 6.45) is 4.32. The molecule has 2 aliphatic carbocycles. The summed E-state index contributed by atoms with van der Waals surface area (Å²) < 4.78 is 43.3. The number of methoxy groups -OCH3 is 1. The standard InChI is InChI=1S/C23H28FN7O3/c1-25-18-11-20(29-31-19(12-26-21(18)31)22(32)28-17-10-15(17)24)27-16-4-3-9-30(23(16)33)13-5-7-14(34-2)8-6-13/h3-4,9,11-15,17,25H,5-8,10H2,1-2H3,(H,27,29)(H,28,32)/t13?,14?,15-,17+/m0/s1/i2D3. The van der Waals surface area contributed by atoms with Crippen molar-refractivity contribution in [2.75, 3.05) is 24.7 Å². The van der Waals surface area contributed by atoms with Gasteiger partial charge in [0.25, 0.3) is 11.5 Å². The molecule has 34 heavy (non-hydrogen) atoms. The Labute approximate surface area is 199 Å². The number of amides is 1. The molecule has 0 aliphatic heterocycles. The molecule has 0 unspecified atom stereocenters. The molecule has 2 aliphatic rings. The number of nitrogens with zero attached hydrogens (tertiary/aromatic N) is 4. The number of rotatable bonds is 7. The summed E-state index contributed by atoms with van der Waals surface area (Å²) in [5.74, 6) is -0.173. The number of anilines is 3. The predicted molar refractivity (Wildman–Crippen MR) is 126 cm³/mol. The first-order valence-electron chi connectivity index (χ1n) is 12.8. The van der Waals surface area contributed by atoms with Gasteiger partial charge in [0, 0.05) is 38.8 Å². The Bertz CT molecular complexity index is 1370. The third-order valence-electron chi connectivity index (χ3n) is 6.44. The Kier molecular flexibility index (Phi) is 5.03. The number of alkyl halides is 1. The van der Waals surface area contributed by atoms with Crippen molar-refractivity contribution in [2.24, 2.45) is 0 Å². The first-order chi connectivity index (χ1) is 17.6. The van der Waals surface area contributed by atoms with Gasteiger partial charge in [-0.05, 0) is 37.8 Å². The molecule has 0 bridgehead atoms. The summed E-state index contributed by atoms with van der Waals surface area (Å²) in [7, 11) is -0.727. The molecule has 180 valence electrons. The van der Waals surface area contributed by atoms with Crippen molar-refractivity contribution in [3.05, 3.63) is 46.6 Å². The Balaban J connectivity index is 1.37. The van der Waals surface area contributed by atoms with Crippen LogP contribution in [0.1, 0.15) is 52.7 Å². The van der Waals surface area contributed by atoms with Crippen molar-refractivity contribution in [3.8, 4) is 0 Å². The maximum absolute atomic E-state index is 13.3. The highest BCUT2D eigenvalue weighted by atomic mass is 19.1.